The quantitative estimate of drug-likeness (QED) is 0.722. The second-order valence-electron chi connectivity index (χ2n) is 3.50. The van der Waals surface area contributed by atoms with Crippen LogP contribution in [-0.2, 0) is 13.1 Å². The molecule has 0 saturated carbocycles. The van der Waals surface area contributed by atoms with Crippen LogP contribution in [0.15, 0.2) is 37.2 Å². The number of hydrogen-bond acceptors (Lipinski definition) is 1. The molecule has 74 valence electrons. The number of rotatable bonds is 4. The average Bonchev–Trinajstić information content (AvgIpc) is 2.79. The van der Waals surface area contributed by atoms with Crippen LogP contribution in [0.2, 0.25) is 0 Å². The Balaban J connectivity index is 2.03. The molecule has 0 fully saturated rings. The normalized spacial score (nSPS) is 10.6. The Morgan fingerprint density at radius 1 is 1.29 bits per heavy atom. The van der Waals surface area contributed by atoms with Gasteiger partial charge in [0.2, 0.25) is 0 Å². The van der Waals surface area contributed by atoms with Crippen molar-refractivity contribution in [2.45, 2.75) is 26.4 Å². The summed E-state index contributed by atoms with van der Waals surface area (Å²) in [5.74, 6) is 0. The molecule has 2 rings (SSSR count). The van der Waals surface area contributed by atoms with Gasteiger partial charge in [-0.15, -0.1) is 0 Å². The molecule has 3 heteroatoms. The topological polar surface area (TPSA) is 22.8 Å². The highest BCUT2D eigenvalue weighted by molar-refractivity contribution is 5.10. The third kappa shape index (κ3) is 2.05. The van der Waals surface area contributed by atoms with Gasteiger partial charge in [0.05, 0.1) is 13.0 Å². The molecule has 2 heterocycles. The van der Waals surface area contributed by atoms with E-state index in [2.05, 4.69) is 39.5 Å². The first-order chi connectivity index (χ1) is 6.88. The molecule has 0 unspecified atom stereocenters. The van der Waals surface area contributed by atoms with Crippen molar-refractivity contribution < 1.29 is 0 Å². The Kier molecular flexibility index (Phi) is 2.68. The van der Waals surface area contributed by atoms with Crippen LogP contribution < -0.4 is 0 Å². The fourth-order valence-electron chi connectivity index (χ4n) is 1.57. The molecule has 0 amide bonds. The van der Waals surface area contributed by atoms with Gasteiger partial charge in [-0.05, 0) is 18.1 Å². The van der Waals surface area contributed by atoms with Crippen molar-refractivity contribution in [3.05, 3.63) is 42.7 Å². The minimum Gasteiger partial charge on any atom is -0.336 e. The summed E-state index contributed by atoms with van der Waals surface area (Å²) < 4.78 is 4.22. The SMILES string of the molecule is CCCc1ccn(Cn2ccnc2)c1. The van der Waals surface area contributed by atoms with Crippen LogP contribution >= 0.6 is 0 Å². The molecular weight excluding hydrogens is 174 g/mol. The van der Waals surface area contributed by atoms with Crippen LogP contribution in [0.4, 0.5) is 0 Å². The first-order valence-electron chi connectivity index (χ1n) is 4.99. The third-order valence-electron chi connectivity index (χ3n) is 2.24. The highest BCUT2D eigenvalue weighted by Crippen LogP contribution is 2.04. The molecule has 2 aromatic heterocycles. The maximum Gasteiger partial charge on any atom is 0.0991 e. The Hall–Kier alpha value is -1.51. The van der Waals surface area contributed by atoms with Crippen LogP contribution in [0.3, 0.4) is 0 Å². The number of aromatic nitrogens is 3. The van der Waals surface area contributed by atoms with Gasteiger partial charge in [-0.3, -0.25) is 0 Å². The van der Waals surface area contributed by atoms with E-state index >= 15 is 0 Å². The lowest BCUT2D eigenvalue weighted by Gasteiger charge is -2.02. The van der Waals surface area contributed by atoms with E-state index in [1.54, 1.807) is 6.20 Å². The number of aryl methyl sites for hydroxylation is 1. The zero-order chi connectivity index (χ0) is 9.80. The van der Waals surface area contributed by atoms with E-state index in [0.717, 1.165) is 13.1 Å². The van der Waals surface area contributed by atoms with Gasteiger partial charge in [0.15, 0.2) is 0 Å². The van der Waals surface area contributed by atoms with Crippen molar-refractivity contribution in [2.75, 3.05) is 0 Å². The van der Waals surface area contributed by atoms with Gasteiger partial charge in [-0.1, -0.05) is 13.3 Å². The summed E-state index contributed by atoms with van der Waals surface area (Å²) in [4.78, 5) is 4.01. The maximum atomic E-state index is 4.01. The zero-order valence-electron chi connectivity index (χ0n) is 8.43. The zero-order valence-corrected chi connectivity index (χ0v) is 8.43. The minimum absolute atomic E-state index is 0.851. The summed E-state index contributed by atoms with van der Waals surface area (Å²) in [6.07, 6.45) is 12.3. The second-order valence-corrected chi connectivity index (χ2v) is 3.50. The maximum absolute atomic E-state index is 4.01. The van der Waals surface area contributed by atoms with Crippen LogP contribution in [0, 0.1) is 0 Å². The van der Waals surface area contributed by atoms with Gasteiger partial charge in [-0.2, -0.15) is 0 Å². The van der Waals surface area contributed by atoms with Crippen molar-refractivity contribution in [2.24, 2.45) is 0 Å². The average molecular weight is 189 g/mol. The fraction of sp³-hybridized carbons (Fsp3) is 0.364. The van der Waals surface area contributed by atoms with E-state index in [1.807, 2.05) is 12.5 Å². The van der Waals surface area contributed by atoms with Crippen molar-refractivity contribution in [1.29, 1.82) is 0 Å². The number of hydrogen-bond donors (Lipinski definition) is 0. The Labute approximate surface area is 84.0 Å². The molecule has 3 nitrogen and oxygen atoms in total. The largest absolute Gasteiger partial charge is 0.336 e. The van der Waals surface area contributed by atoms with Gasteiger partial charge >= 0.3 is 0 Å². The van der Waals surface area contributed by atoms with Gasteiger partial charge in [0.25, 0.3) is 0 Å². The van der Waals surface area contributed by atoms with E-state index in [0.29, 0.717) is 0 Å². The number of nitrogens with zero attached hydrogens (tertiary/aromatic N) is 3. The fourth-order valence-corrected chi connectivity index (χ4v) is 1.57. The lowest BCUT2D eigenvalue weighted by atomic mass is 10.2. The molecule has 0 spiro atoms. The summed E-state index contributed by atoms with van der Waals surface area (Å²) in [5.41, 5.74) is 1.41. The molecule has 0 aliphatic carbocycles. The standard InChI is InChI=1S/C11H15N3/c1-2-3-11-4-6-13(8-11)10-14-7-5-12-9-14/h4-9H,2-3,10H2,1H3. The Morgan fingerprint density at radius 3 is 2.93 bits per heavy atom. The summed E-state index contributed by atoms with van der Waals surface area (Å²) in [6, 6.07) is 2.18. The van der Waals surface area contributed by atoms with Crippen LogP contribution in [0.1, 0.15) is 18.9 Å². The van der Waals surface area contributed by atoms with E-state index in [4.69, 9.17) is 0 Å². The summed E-state index contributed by atoms with van der Waals surface area (Å²) in [7, 11) is 0. The minimum atomic E-state index is 0.851. The predicted octanol–water partition coefficient (Wildman–Crippen LogP) is 2.14. The first-order valence-corrected chi connectivity index (χ1v) is 4.99. The molecule has 0 radical (unpaired) electrons. The monoisotopic (exact) mass is 189 g/mol. The first kappa shape index (κ1) is 9.06. The Bertz CT molecular complexity index is 373. The van der Waals surface area contributed by atoms with Crippen LogP contribution in [-0.4, -0.2) is 14.1 Å². The van der Waals surface area contributed by atoms with Crippen molar-refractivity contribution >= 4 is 0 Å². The Morgan fingerprint density at radius 2 is 2.21 bits per heavy atom. The van der Waals surface area contributed by atoms with Crippen molar-refractivity contribution in [1.82, 2.24) is 14.1 Å². The van der Waals surface area contributed by atoms with E-state index < -0.39 is 0 Å². The molecule has 0 atom stereocenters. The highest BCUT2D eigenvalue weighted by atomic mass is 15.2. The van der Waals surface area contributed by atoms with Crippen molar-refractivity contribution in [3.8, 4) is 0 Å². The molecule has 0 aliphatic heterocycles. The second kappa shape index (κ2) is 4.13. The summed E-state index contributed by atoms with van der Waals surface area (Å²) in [5, 5.41) is 0. The van der Waals surface area contributed by atoms with Gasteiger partial charge in [0, 0.05) is 24.8 Å². The molecule has 0 N–H and O–H groups in total. The smallest absolute Gasteiger partial charge is 0.0991 e. The molecule has 2 aromatic rings. The lowest BCUT2D eigenvalue weighted by molar-refractivity contribution is 0.608. The summed E-state index contributed by atoms with van der Waals surface area (Å²) in [6.45, 7) is 3.05. The predicted molar refractivity (Wildman–Crippen MR) is 56.1 cm³/mol. The summed E-state index contributed by atoms with van der Waals surface area (Å²) >= 11 is 0. The van der Waals surface area contributed by atoms with E-state index in [-0.39, 0.29) is 0 Å². The highest BCUT2D eigenvalue weighted by Gasteiger charge is 1.95. The number of imidazole rings is 1. The van der Waals surface area contributed by atoms with E-state index in [9.17, 15) is 0 Å². The molecule has 0 saturated heterocycles. The molecule has 0 aliphatic rings. The molecule has 0 bridgehead atoms. The van der Waals surface area contributed by atoms with Gasteiger partial charge in [0.1, 0.15) is 0 Å². The molecule has 14 heavy (non-hydrogen) atoms. The van der Waals surface area contributed by atoms with Gasteiger partial charge in [-0.25, -0.2) is 4.98 Å². The van der Waals surface area contributed by atoms with Crippen LogP contribution in [0.5, 0.6) is 0 Å². The third-order valence-corrected chi connectivity index (χ3v) is 2.24. The lowest BCUT2D eigenvalue weighted by Crippen LogP contribution is -2.03. The van der Waals surface area contributed by atoms with Gasteiger partial charge < -0.3 is 9.13 Å². The van der Waals surface area contributed by atoms with Crippen LogP contribution in [0.25, 0.3) is 0 Å². The molecular formula is C11H15N3. The van der Waals surface area contributed by atoms with Crippen molar-refractivity contribution in [3.63, 3.8) is 0 Å². The van der Waals surface area contributed by atoms with E-state index in [1.165, 1.54) is 12.0 Å². The molecule has 0 aromatic carbocycles.